The first-order chi connectivity index (χ1) is 11.8. The Bertz CT molecular complexity index is 985. The van der Waals surface area contributed by atoms with E-state index in [0.29, 0.717) is 6.42 Å². The maximum absolute atomic E-state index is 12.4. The van der Waals surface area contributed by atoms with Gasteiger partial charge in [-0.3, -0.25) is 9.89 Å². The smallest absolute Gasteiger partial charge is 0.167 e. The second-order valence-corrected chi connectivity index (χ2v) is 5.78. The third kappa shape index (κ3) is 2.72. The van der Waals surface area contributed by atoms with Crippen LogP contribution >= 0.6 is 0 Å². The van der Waals surface area contributed by atoms with Crippen molar-refractivity contribution in [1.29, 1.82) is 0 Å². The molecule has 24 heavy (non-hydrogen) atoms. The number of carbonyl (C=O) groups excluding carboxylic acids is 1. The third-order valence-electron chi connectivity index (χ3n) is 4.16. The maximum Gasteiger partial charge on any atom is 0.167 e. The van der Waals surface area contributed by atoms with E-state index in [1.54, 1.807) is 0 Å². The van der Waals surface area contributed by atoms with Crippen LogP contribution in [0.5, 0.6) is 0 Å². The zero-order valence-electron chi connectivity index (χ0n) is 13.1. The molecule has 0 amide bonds. The van der Waals surface area contributed by atoms with Crippen LogP contribution in [0.25, 0.3) is 22.2 Å². The summed E-state index contributed by atoms with van der Waals surface area (Å²) in [6, 6.07) is 25.5. The predicted molar refractivity (Wildman–Crippen MR) is 96.0 cm³/mol. The second-order valence-electron chi connectivity index (χ2n) is 5.78. The van der Waals surface area contributed by atoms with Gasteiger partial charge in [-0.15, -0.1) is 0 Å². The monoisotopic (exact) mass is 312 g/mol. The van der Waals surface area contributed by atoms with Crippen LogP contribution in [0.1, 0.15) is 15.9 Å². The summed E-state index contributed by atoms with van der Waals surface area (Å²) >= 11 is 0. The van der Waals surface area contributed by atoms with Crippen molar-refractivity contribution in [2.75, 3.05) is 0 Å². The molecule has 3 heteroatoms. The topological polar surface area (TPSA) is 45.8 Å². The van der Waals surface area contributed by atoms with Crippen LogP contribution in [0.3, 0.4) is 0 Å². The van der Waals surface area contributed by atoms with Gasteiger partial charge < -0.3 is 0 Å². The fraction of sp³-hybridized carbons (Fsp3) is 0.0476. The van der Waals surface area contributed by atoms with Crippen LogP contribution in [0.2, 0.25) is 0 Å². The van der Waals surface area contributed by atoms with Gasteiger partial charge in [-0.05, 0) is 11.6 Å². The van der Waals surface area contributed by atoms with E-state index in [0.717, 1.165) is 33.3 Å². The lowest BCUT2D eigenvalue weighted by molar-refractivity contribution is 0.0993. The molecule has 1 heterocycles. The average molecular weight is 312 g/mol. The lowest BCUT2D eigenvalue weighted by Gasteiger charge is -2.03. The molecule has 0 aliphatic heterocycles. The fourth-order valence-electron chi connectivity index (χ4n) is 2.88. The lowest BCUT2D eigenvalue weighted by Crippen LogP contribution is -2.03. The molecule has 4 rings (SSSR count). The van der Waals surface area contributed by atoms with Gasteiger partial charge in [0.1, 0.15) is 0 Å². The fourth-order valence-corrected chi connectivity index (χ4v) is 2.88. The van der Waals surface area contributed by atoms with Gasteiger partial charge in [0.15, 0.2) is 5.78 Å². The summed E-state index contributed by atoms with van der Waals surface area (Å²) < 4.78 is 0. The Kier molecular flexibility index (Phi) is 3.67. The molecule has 1 N–H and O–H groups in total. The molecule has 4 aromatic rings. The van der Waals surface area contributed by atoms with Crippen molar-refractivity contribution in [2.45, 2.75) is 6.42 Å². The van der Waals surface area contributed by atoms with E-state index in [4.69, 9.17) is 0 Å². The van der Waals surface area contributed by atoms with Crippen molar-refractivity contribution in [3.63, 3.8) is 0 Å². The molecule has 0 fully saturated rings. The van der Waals surface area contributed by atoms with Crippen molar-refractivity contribution < 1.29 is 4.79 Å². The Morgan fingerprint density at radius 3 is 2.33 bits per heavy atom. The molecule has 3 aromatic carbocycles. The number of fused-ring (bicyclic) bond motifs is 1. The van der Waals surface area contributed by atoms with Crippen molar-refractivity contribution in [2.24, 2.45) is 0 Å². The minimum atomic E-state index is 0.125. The summed E-state index contributed by atoms with van der Waals surface area (Å²) in [5.41, 5.74) is 4.68. The highest BCUT2D eigenvalue weighted by atomic mass is 16.1. The molecule has 0 atom stereocenters. The highest BCUT2D eigenvalue weighted by Gasteiger charge is 2.10. The Morgan fingerprint density at radius 1 is 0.833 bits per heavy atom. The average Bonchev–Trinajstić information content (AvgIpc) is 3.07. The van der Waals surface area contributed by atoms with Gasteiger partial charge in [-0.2, -0.15) is 5.10 Å². The summed E-state index contributed by atoms with van der Waals surface area (Å²) in [7, 11) is 0. The number of carbonyl (C=O) groups is 1. The number of aromatic nitrogens is 2. The first kappa shape index (κ1) is 14.4. The molecule has 0 unspecified atom stereocenters. The van der Waals surface area contributed by atoms with Crippen molar-refractivity contribution in [3.05, 3.63) is 90.0 Å². The molecule has 0 aliphatic carbocycles. The normalized spacial score (nSPS) is 10.8. The molecule has 1 aromatic heterocycles. The van der Waals surface area contributed by atoms with E-state index < -0.39 is 0 Å². The zero-order chi connectivity index (χ0) is 16.4. The van der Waals surface area contributed by atoms with Gasteiger partial charge in [0, 0.05) is 22.9 Å². The number of H-pyrrole nitrogens is 1. The number of rotatable bonds is 4. The van der Waals surface area contributed by atoms with E-state index in [2.05, 4.69) is 10.2 Å². The predicted octanol–water partition coefficient (Wildman–Crippen LogP) is 4.66. The number of hydrogen-bond acceptors (Lipinski definition) is 2. The van der Waals surface area contributed by atoms with Gasteiger partial charge >= 0.3 is 0 Å². The third-order valence-corrected chi connectivity index (χ3v) is 4.16. The van der Waals surface area contributed by atoms with Crippen LogP contribution in [-0.4, -0.2) is 16.0 Å². The lowest BCUT2D eigenvalue weighted by atomic mass is 10.0. The van der Waals surface area contributed by atoms with E-state index in [-0.39, 0.29) is 5.78 Å². The molecule has 0 saturated heterocycles. The first-order valence-electron chi connectivity index (χ1n) is 7.92. The highest BCUT2D eigenvalue weighted by molar-refractivity contribution is 5.98. The van der Waals surface area contributed by atoms with Gasteiger partial charge in [0.05, 0.1) is 11.2 Å². The Morgan fingerprint density at radius 2 is 1.54 bits per heavy atom. The second kappa shape index (κ2) is 6.13. The Labute approximate surface area is 140 Å². The van der Waals surface area contributed by atoms with Crippen LogP contribution in [0, 0.1) is 0 Å². The summed E-state index contributed by atoms with van der Waals surface area (Å²) in [6.07, 6.45) is 0.422. The number of aromatic amines is 1. The molecular weight excluding hydrogens is 296 g/mol. The Balaban J connectivity index is 1.60. The highest BCUT2D eigenvalue weighted by Crippen LogP contribution is 2.26. The van der Waals surface area contributed by atoms with Crippen molar-refractivity contribution in [3.8, 4) is 11.3 Å². The van der Waals surface area contributed by atoms with Crippen molar-refractivity contribution in [1.82, 2.24) is 10.2 Å². The van der Waals surface area contributed by atoms with E-state index in [1.165, 1.54) is 0 Å². The van der Waals surface area contributed by atoms with Crippen LogP contribution in [0.4, 0.5) is 0 Å². The standard InChI is InChI=1S/C21H16N2O/c24-20(14-15-6-2-1-3-7-15)16-10-12-17(13-11-16)21-18-8-4-5-9-19(18)22-23-21/h1-13H,14H2,(H,22,23). The molecule has 0 bridgehead atoms. The summed E-state index contributed by atoms with van der Waals surface area (Å²) in [6.45, 7) is 0. The Hall–Kier alpha value is -3.20. The molecule has 0 aliphatic rings. The summed E-state index contributed by atoms with van der Waals surface area (Å²) in [4.78, 5) is 12.4. The van der Waals surface area contributed by atoms with Gasteiger partial charge in [-0.25, -0.2) is 0 Å². The largest absolute Gasteiger partial charge is 0.294 e. The molecule has 0 spiro atoms. The van der Waals surface area contributed by atoms with Gasteiger partial charge in [-0.1, -0.05) is 72.8 Å². The molecule has 116 valence electrons. The van der Waals surface area contributed by atoms with Crippen LogP contribution < -0.4 is 0 Å². The molecule has 3 nitrogen and oxygen atoms in total. The SMILES string of the molecule is O=C(Cc1ccccc1)c1ccc(-c2n[nH]c3ccccc23)cc1. The summed E-state index contributed by atoms with van der Waals surface area (Å²) in [5, 5.41) is 8.52. The summed E-state index contributed by atoms with van der Waals surface area (Å²) in [5.74, 6) is 0.125. The quantitative estimate of drug-likeness (QED) is 0.557. The minimum Gasteiger partial charge on any atom is -0.294 e. The molecule has 0 radical (unpaired) electrons. The van der Waals surface area contributed by atoms with Gasteiger partial charge in [0.2, 0.25) is 0 Å². The van der Waals surface area contributed by atoms with E-state index >= 15 is 0 Å². The number of Topliss-reactive ketones (excluding diaryl/α,β-unsaturated/α-hetero) is 1. The molecule has 0 saturated carbocycles. The minimum absolute atomic E-state index is 0.125. The number of para-hydroxylation sites is 1. The first-order valence-corrected chi connectivity index (χ1v) is 7.92. The zero-order valence-corrected chi connectivity index (χ0v) is 13.1. The number of hydrogen-bond donors (Lipinski definition) is 1. The van der Waals surface area contributed by atoms with E-state index in [1.807, 2.05) is 78.9 Å². The van der Waals surface area contributed by atoms with E-state index in [9.17, 15) is 4.79 Å². The maximum atomic E-state index is 12.4. The molecular formula is C21H16N2O. The number of benzene rings is 3. The van der Waals surface area contributed by atoms with Crippen molar-refractivity contribution >= 4 is 16.7 Å². The number of nitrogens with zero attached hydrogens (tertiary/aromatic N) is 1. The number of ketones is 1. The number of nitrogens with one attached hydrogen (secondary N) is 1. The van der Waals surface area contributed by atoms with Crippen LogP contribution in [-0.2, 0) is 6.42 Å². The van der Waals surface area contributed by atoms with Crippen LogP contribution in [0.15, 0.2) is 78.9 Å². The van der Waals surface area contributed by atoms with Gasteiger partial charge in [0.25, 0.3) is 0 Å².